The largest absolute Gasteiger partial charge is 0.316 e. The van der Waals surface area contributed by atoms with E-state index in [9.17, 15) is 21.6 Å². The molecule has 3 rings (SSSR count). The maximum absolute atomic E-state index is 14.1. The van der Waals surface area contributed by atoms with Crippen molar-refractivity contribution >= 4 is 22.4 Å². The van der Waals surface area contributed by atoms with Crippen LogP contribution < -0.4 is 5.32 Å². The van der Waals surface area contributed by atoms with Gasteiger partial charge in [0.15, 0.2) is 11.6 Å². The van der Waals surface area contributed by atoms with Crippen LogP contribution in [0, 0.1) is 17.6 Å². The zero-order chi connectivity index (χ0) is 18.9. The number of benzene rings is 1. The zero-order valence-corrected chi connectivity index (χ0v) is 15.6. The van der Waals surface area contributed by atoms with E-state index in [1.807, 2.05) is 0 Å². The third-order valence-corrected chi connectivity index (χ3v) is 5.38. The smallest absolute Gasteiger partial charge is 0.268 e. The molecule has 0 atom stereocenters. The Morgan fingerprint density at radius 3 is 2.48 bits per heavy atom. The van der Waals surface area contributed by atoms with E-state index in [1.54, 1.807) is 7.05 Å². The Bertz CT molecular complexity index is 1070. The maximum atomic E-state index is 14.1. The number of hydrogen-bond acceptors (Lipinski definition) is 4. The van der Waals surface area contributed by atoms with Crippen molar-refractivity contribution in [3.05, 3.63) is 71.9 Å². The maximum Gasteiger partial charge on any atom is 0.268 e. The second-order valence-electron chi connectivity index (χ2n) is 5.48. The SMILES string of the molecule is CNCc1cc(-c2cccnc2F)n(S(=O)(=O)c2ccc(F)c(F)c2)c1.Cl. The first kappa shape index (κ1) is 20.9. The van der Waals surface area contributed by atoms with Gasteiger partial charge in [-0.2, -0.15) is 4.39 Å². The Balaban J connectivity index is 0.00000261. The highest BCUT2D eigenvalue weighted by atomic mass is 35.5. The van der Waals surface area contributed by atoms with Gasteiger partial charge in [0.25, 0.3) is 10.0 Å². The first-order valence-electron chi connectivity index (χ1n) is 7.52. The van der Waals surface area contributed by atoms with Crippen molar-refractivity contribution in [3.63, 3.8) is 0 Å². The van der Waals surface area contributed by atoms with E-state index in [-0.39, 0.29) is 23.7 Å². The van der Waals surface area contributed by atoms with Crippen molar-refractivity contribution in [3.8, 4) is 11.3 Å². The predicted molar refractivity (Wildman–Crippen MR) is 96.6 cm³/mol. The second kappa shape index (κ2) is 8.12. The van der Waals surface area contributed by atoms with Gasteiger partial charge in [-0.25, -0.2) is 26.2 Å². The van der Waals surface area contributed by atoms with Gasteiger partial charge in [0.1, 0.15) is 0 Å². The molecule has 0 aliphatic carbocycles. The van der Waals surface area contributed by atoms with Gasteiger partial charge >= 0.3 is 0 Å². The summed E-state index contributed by atoms with van der Waals surface area (Å²) in [6.45, 7) is 0.329. The van der Waals surface area contributed by atoms with E-state index in [4.69, 9.17) is 0 Å². The highest BCUT2D eigenvalue weighted by molar-refractivity contribution is 7.90. The second-order valence-corrected chi connectivity index (χ2v) is 7.30. The van der Waals surface area contributed by atoms with Gasteiger partial charge in [0.2, 0.25) is 5.95 Å². The number of nitrogens with one attached hydrogen (secondary N) is 1. The summed E-state index contributed by atoms with van der Waals surface area (Å²) in [6, 6.07) is 6.62. The molecule has 0 spiro atoms. The van der Waals surface area contributed by atoms with Crippen molar-refractivity contribution in [1.82, 2.24) is 14.3 Å². The monoisotopic (exact) mass is 417 g/mol. The quantitative estimate of drug-likeness (QED) is 0.647. The van der Waals surface area contributed by atoms with Crippen LogP contribution in [0.5, 0.6) is 0 Å². The summed E-state index contributed by atoms with van der Waals surface area (Å²) in [7, 11) is -2.61. The molecule has 1 aromatic carbocycles. The topological polar surface area (TPSA) is 64.0 Å². The molecular formula is C17H15ClF3N3O2S. The Kier molecular flexibility index (Phi) is 6.30. The number of nitrogens with zero attached hydrogens (tertiary/aromatic N) is 2. The Labute approximate surface area is 160 Å². The summed E-state index contributed by atoms with van der Waals surface area (Å²) >= 11 is 0. The summed E-state index contributed by atoms with van der Waals surface area (Å²) in [5, 5.41) is 2.87. The number of rotatable bonds is 5. The molecule has 0 unspecified atom stereocenters. The molecule has 1 N–H and O–H groups in total. The van der Waals surface area contributed by atoms with Crippen LogP contribution in [-0.2, 0) is 16.6 Å². The minimum atomic E-state index is -4.28. The zero-order valence-electron chi connectivity index (χ0n) is 14.0. The van der Waals surface area contributed by atoms with Gasteiger partial charge < -0.3 is 5.32 Å². The van der Waals surface area contributed by atoms with E-state index in [0.717, 1.165) is 16.1 Å². The van der Waals surface area contributed by atoms with Crippen LogP contribution in [-0.4, -0.2) is 24.4 Å². The lowest BCUT2D eigenvalue weighted by Gasteiger charge is -2.11. The van der Waals surface area contributed by atoms with Crippen molar-refractivity contribution in [2.45, 2.75) is 11.4 Å². The van der Waals surface area contributed by atoms with Crippen LogP contribution in [0.3, 0.4) is 0 Å². The molecule has 0 saturated carbocycles. The summed E-state index contributed by atoms with van der Waals surface area (Å²) in [5.41, 5.74) is 0.573. The average molecular weight is 418 g/mol. The van der Waals surface area contributed by atoms with E-state index in [2.05, 4.69) is 10.3 Å². The number of aromatic nitrogens is 2. The molecule has 27 heavy (non-hydrogen) atoms. The van der Waals surface area contributed by atoms with Crippen molar-refractivity contribution in [2.24, 2.45) is 0 Å². The van der Waals surface area contributed by atoms with E-state index < -0.39 is 32.5 Å². The van der Waals surface area contributed by atoms with Gasteiger partial charge in [0, 0.05) is 18.9 Å². The molecule has 3 aromatic rings. The fraction of sp³-hybridized carbons (Fsp3) is 0.118. The summed E-state index contributed by atoms with van der Waals surface area (Å²) in [5.74, 6) is -3.29. The third-order valence-electron chi connectivity index (χ3n) is 3.71. The molecule has 144 valence electrons. The van der Waals surface area contributed by atoms with Gasteiger partial charge in [-0.1, -0.05) is 0 Å². The van der Waals surface area contributed by atoms with Gasteiger partial charge in [-0.05, 0) is 49.0 Å². The Hall–Kier alpha value is -2.36. The molecule has 0 aliphatic heterocycles. The Morgan fingerprint density at radius 2 is 1.85 bits per heavy atom. The van der Waals surface area contributed by atoms with Gasteiger partial charge in [-0.15, -0.1) is 12.4 Å². The number of hydrogen-bond donors (Lipinski definition) is 1. The van der Waals surface area contributed by atoms with E-state index in [1.165, 1.54) is 30.6 Å². The molecule has 0 radical (unpaired) electrons. The minimum absolute atomic E-state index is 0. The molecule has 2 heterocycles. The lowest BCUT2D eigenvalue weighted by atomic mass is 10.2. The highest BCUT2D eigenvalue weighted by Crippen LogP contribution is 2.28. The standard InChI is InChI=1S/C17H14F3N3O2S.ClH/c1-21-9-11-7-16(13-3-2-6-22-17(13)20)23(10-11)26(24,25)12-4-5-14(18)15(19)8-12;/h2-8,10,21H,9H2,1H3;1H. The van der Waals surface area contributed by atoms with Crippen LogP contribution in [0.25, 0.3) is 11.3 Å². The molecule has 0 amide bonds. The van der Waals surface area contributed by atoms with Crippen molar-refractivity contribution in [2.75, 3.05) is 7.05 Å². The summed E-state index contributed by atoms with van der Waals surface area (Å²) in [6.07, 6.45) is 2.54. The van der Waals surface area contributed by atoms with Crippen LogP contribution in [0.15, 0.2) is 53.7 Å². The first-order chi connectivity index (χ1) is 12.3. The van der Waals surface area contributed by atoms with Crippen LogP contribution in [0.1, 0.15) is 5.56 Å². The minimum Gasteiger partial charge on any atom is -0.316 e. The first-order valence-corrected chi connectivity index (χ1v) is 8.96. The number of pyridine rings is 1. The van der Waals surface area contributed by atoms with Gasteiger partial charge in [0.05, 0.1) is 16.2 Å². The van der Waals surface area contributed by atoms with E-state index in [0.29, 0.717) is 18.2 Å². The Morgan fingerprint density at radius 1 is 1.11 bits per heavy atom. The molecule has 5 nitrogen and oxygen atoms in total. The van der Waals surface area contributed by atoms with Crippen LogP contribution in [0.2, 0.25) is 0 Å². The molecular weight excluding hydrogens is 403 g/mol. The predicted octanol–water partition coefficient (Wildman–Crippen LogP) is 3.35. The normalized spacial score (nSPS) is 11.3. The summed E-state index contributed by atoms with van der Waals surface area (Å²) in [4.78, 5) is 3.08. The lowest BCUT2D eigenvalue weighted by molar-refractivity contribution is 0.504. The molecule has 0 bridgehead atoms. The van der Waals surface area contributed by atoms with Gasteiger partial charge in [-0.3, -0.25) is 0 Å². The highest BCUT2D eigenvalue weighted by Gasteiger charge is 2.24. The van der Waals surface area contributed by atoms with E-state index >= 15 is 0 Å². The fourth-order valence-electron chi connectivity index (χ4n) is 2.52. The van der Waals surface area contributed by atoms with Crippen molar-refractivity contribution < 1.29 is 21.6 Å². The molecule has 0 saturated heterocycles. The molecule has 0 fully saturated rings. The molecule has 0 aliphatic rings. The lowest BCUT2D eigenvalue weighted by Crippen LogP contribution is -2.14. The van der Waals surface area contributed by atoms with Crippen LogP contribution >= 0.6 is 12.4 Å². The van der Waals surface area contributed by atoms with Crippen molar-refractivity contribution in [1.29, 1.82) is 0 Å². The summed E-state index contributed by atoms with van der Waals surface area (Å²) < 4.78 is 67.5. The fourth-order valence-corrected chi connectivity index (χ4v) is 3.92. The van der Waals surface area contributed by atoms with Crippen LogP contribution in [0.4, 0.5) is 13.2 Å². The average Bonchev–Trinajstić information content (AvgIpc) is 3.02. The molecule has 2 aromatic heterocycles. The molecule has 10 heteroatoms. The number of halogens is 4. The third kappa shape index (κ3) is 4.00.